The number of amides is 1. The van der Waals surface area contributed by atoms with Crippen LogP contribution < -0.4 is 10.2 Å². The summed E-state index contributed by atoms with van der Waals surface area (Å²) in [4.78, 5) is 22.2. The van der Waals surface area contributed by atoms with Crippen molar-refractivity contribution in [1.29, 1.82) is 0 Å². The maximum atomic E-state index is 14.5. The number of hydrogen-bond donors (Lipinski definition) is 1. The van der Waals surface area contributed by atoms with Crippen LogP contribution >= 0.6 is 0 Å². The second-order valence-corrected chi connectivity index (χ2v) is 11.2. The Bertz CT molecular complexity index is 1340. The van der Waals surface area contributed by atoms with E-state index in [1.165, 1.54) is 11.3 Å². The molecule has 5 atom stereocenters. The van der Waals surface area contributed by atoms with Crippen molar-refractivity contribution in [3.8, 4) is 0 Å². The summed E-state index contributed by atoms with van der Waals surface area (Å²) in [6.07, 6.45) is 4.73. The van der Waals surface area contributed by atoms with Gasteiger partial charge in [0.1, 0.15) is 12.0 Å². The van der Waals surface area contributed by atoms with Crippen LogP contribution in [0.1, 0.15) is 30.9 Å². The lowest BCUT2D eigenvalue weighted by Crippen LogP contribution is -2.59. The van der Waals surface area contributed by atoms with Crippen LogP contribution in [0.5, 0.6) is 0 Å². The number of rotatable bonds is 5. The van der Waals surface area contributed by atoms with Crippen LogP contribution in [0.15, 0.2) is 36.8 Å². The van der Waals surface area contributed by atoms with Crippen LogP contribution in [0.4, 0.5) is 15.9 Å². The Kier molecular flexibility index (Phi) is 5.95. The van der Waals surface area contributed by atoms with Crippen LogP contribution in [-0.4, -0.2) is 76.7 Å². The zero-order chi connectivity index (χ0) is 25.9. The molecule has 6 rings (SSSR count). The predicted octanol–water partition coefficient (Wildman–Crippen LogP) is 3.51. The molecule has 3 fully saturated rings. The average molecular weight is 507 g/mol. The van der Waals surface area contributed by atoms with E-state index in [1.807, 2.05) is 38.6 Å². The summed E-state index contributed by atoms with van der Waals surface area (Å²) in [6.45, 7) is 10.1. The summed E-state index contributed by atoms with van der Waals surface area (Å²) in [6, 6.07) is 6.30. The minimum absolute atomic E-state index is 0.00668. The first kappa shape index (κ1) is 24.3. The van der Waals surface area contributed by atoms with Gasteiger partial charge in [0.25, 0.3) is 0 Å². The Morgan fingerprint density at radius 1 is 1.16 bits per heavy atom. The summed E-state index contributed by atoms with van der Waals surface area (Å²) < 4.78 is 21.7. The van der Waals surface area contributed by atoms with Crippen molar-refractivity contribution >= 4 is 28.2 Å². The molecule has 196 valence electrons. The van der Waals surface area contributed by atoms with E-state index in [1.54, 1.807) is 4.68 Å². The summed E-state index contributed by atoms with van der Waals surface area (Å²) in [5.74, 6) is 0.996. The molecule has 3 aromatic rings. The van der Waals surface area contributed by atoms with Gasteiger partial charge in [-0.05, 0) is 54.5 Å². The molecular formula is C28H35FN6O2. The summed E-state index contributed by atoms with van der Waals surface area (Å²) in [5, 5.41) is 9.39. The van der Waals surface area contributed by atoms with Crippen LogP contribution in [0.25, 0.3) is 10.8 Å². The number of piperazine rings is 1. The minimum Gasteiger partial charge on any atom is -0.376 e. The van der Waals surface area contributed by atoms with Gasteiger partial charge in [-0.15, -0.1) is 0 Å². The van der Waals surface area contributed by atoms with Gasteiger partial charge in [0.15, 0.2) is 0 Å². The first-order valence-corrected chi connectivity index (χ1v) is 13.2. The van der Waals surface area contributed by atoms with E-state index in [-0.39, 0.29) is 30.3 Å². The molecule has 2 aromatic heterocycles. The summed E-state index contributed by atoms with van der Waals surface area (Å²) in [5.41, 5.74) is 2.94. The molecule has 1 aromatic carbocycles. The Labute approximate surface area is 216 Å². The van der Waals surface area contributed by atoms with Gasteiger partial charge >= 0.3 is 0 Å². The Morgan fingerprint density at radius 2 is 1.95 bits per heavy atom. The van der Waals surface area contributed by atoms with Gasteiger partial charge in [0.2, 0.25) is 5.91 Å². The lowest BCUT2D eigenvalue weighted by atomic mass is 9.96. The van der Waals surface area contributed by atoms with E-state index in [2.05, 4.69) is 51.2 Å². The normalized spacial score (nSPS) is 30.1. The number of hydrogen-bond acceptors (Lipinski definition) is 6. The number of fused-ring (bicyclic) bond motifs is 1. The molecule has 0 bridgehead atoms. The van der Waals surface area contributed by atoms with Gasteiger partial charge < -0.3 is 15.0 Å². The summed E-state index contributed by atoms with van der Waals surface area (Å²) in [7, 11) is 1.89. The maximum absolute atomic E-state index is 14.5. The average Bonchev–Trinajstić information content (AvgIpc) is 3.15. The number of nitrogens with one attached hydrogen (secondary N) is 1. The van der Waals surface area contributed by atoms with Gasteiger partial charge in [-0.1, -0.05) is 6.92 Å². The number of nitrogens with zero attached hydrogens (tertiary/aromatic N) is 5. The van der Waals surface area contributed by atoms with E-state index in [4.69, 9.17) is 4.74 Å². The van der Waals surface area contributed by atoms with Crippen molar-refractivity contribution in [3.05, 3.63) is 47.9 Å². The van der Waals surface area contributed by atoms with Crippen LogP contribution in [0, 0.1) is 18.8 Å². The van der Waals surface area contributed by atoms with E-state index < -0.39 is 11.7 Å². The van der Waals surface area contributed by atoms with E-state index in [0.717, 1.165) is 42.5 Å². The molecular weight excluding hydrogens is 471 g/mol. The first-order valence-electron chi connectivity index (χ1n) is 13.2. The van der Waals surface area contributed by atoms with E-state index >= 15 is 0 Å². The highest BCUT2D eigenvalue weighted by Gasteiger charge is 2.53. The third-order valence-electron chi connectivity index (χ3n) is 8.76. The molecule has 2 aliphatic heterocycles. The third-order valence-corrected chi connectivity index (χ3v) is 8.76. The van der Waals surface area contributed by atoms with E-state index in [9.17, 15) is 9.18 Å². The second kappa shape index (κ2) is 9.06. The molecule has 1 N–H and O–H groups in total. The number of carbonyl (C=O) groups is 1. The Morgan fingerprint density at radius 3 is 2.62 bits per heavy atom. The van der Waals surface area contributed by atoms with Crippen molar-refractivity contribution < 1.29 is 13.9 Å². The van der Waals surface area contributed by atoms with Gasteiger partial charge in [-0.2, -0.15) is 5.10 Å². The zero-order valence-electron chi connectivity index (χ0n) is 21.9. The fraction of sp³-hybridized carbons (Fsp3) is 0.536. The molecule has 0 spiro atoms. The Hall–Kier alpha value is -3.04. The number of aromatic nitrogens is 3. The molecule has 1 saturated carbocycles. The highest BCUT2D eigenvalue weighted by atomic mass is 19.1. The van der Waals surface area contributed by atoms with Gasteiger partial charge in [-0.25, -0.2) is 9.37 Å². The molecule has 0 radical (unpaired) electrons. The highest BCUT2D eigenvalue weighted by Crippen LogP contribution is 2.54. The van der Waals surface area contributed by atoms with Crippen molar-refractivity contribution in [1.82, 2.24) is 19.7 Å². The lowest BCUT2D eigenvalue weighted by Gasteiger charge is -2.45. The number of anilines is 2. The zero-order valence-corrected chi connectivity index (χ0v) is 21.9. The third kappa shape index (κ3) is 4.28. The van der Waals surface area contributed by atoms with Crippen LogP contribution in [0.3, 0.4) is 0 Å². The van der Waals surface area contributed by atoms with Gasteiger partial charge in [0, 0.05) is 68.5 Å². The molecule has 2 saturated heterocycles. The Balaban J connectivity index is 1.16. The van der Waals surface area contributed by atoms with E-state index in [0.29, 0.717) is 12.4 Å². The molecule has 9 heteroatoms. The number of halogens is 1. The standard InChI is InChI=1S/C28H35FN6O2/c1-17-9-20-12-30-24(32-27(36)26-18(2)25(26)21-13-31-33(4)14-21)11-19(20)10-22(17)34-5-7-35(8-6-34)28(3)16-37-15-23(28)29/h9-14,18,23,25-26H,5-8,15-16H2,1-4H3,(H,30,32,36)/t18-,23+,25+,26-,28-/m1/s1. The number of aryl methyl sites for hydroxylation is 2. The van der Waals surface area contributed by atoms with Crippen molar-refractivity contribution in [2.75, 3.05) is 49.6 Å². The fourth-order valence-electron chi connectivity index (χ4n) is 6.29. The monoisotopic (exact) mass is 506 g/mol. The summed E-state index contributed by atoms with van der Waals surface area (Å²) >= 11 is 0. The highest BCUT2D eigenvalue weighted by molar-refractivity contribution is 5.97. The number of carbonyl (C=O) groups excluding carboxylic acids is 1. The van der Waals surface area contributed by atoms with Gasteiger partial charge in [-0.3, -0.25) is 14.4 Å². The molecule has 1 amide bonds. The molecule has 8 nitrogen and oxygen atoms in total. The SMILES string of the molecule is Cc1cc2cnc(NC(=O)[C@@H]3[C@H](C)[C@H]3c3cnn(C)c3)cc2cc1N1CCN([C@]2(C)COC[C@@H]2F)CC1. The van der Waals surface area contributed by atoms with Crippen molar-refractivity contribution in [2.45, 2.75) is 38.4 Å². The number of pyridine rings is 1. The van der Waals surface area contributed by atoms with Crippen LogP contribution in [-0.2, 0) is 16.6 Å². The number of alkyl halides is 1. The molecule has 4 heterocycles. The largest absolute Gasteiger partial charge is 0.376 e. The minimum atomic E-state index is -0.944. The maximum Gasteiger partial charge on any atom is 0.229 e. The number of ether oxygens (including phenoxy) is 1. The lowest BCUT2D eigenvalue weighted by molar-refractivity contribution is -0.117. The molecule has 37 heavy (non-hydrogen) atoms. The first-order chi connectivity index (χ1) is 17.7. The second-order valence-electron chi connectivity index (χ2n) is 11.2. The van der Waals surface area contributed by atoms with Crippen LogP contribution in [0.2, 0.25) is 0 Å². The van der Waals surface area contributed by atoms with Gasteiger partial charge in [0.05, 0.1) is 24.9 Å². The molecule has 1 aliphatic carbocycles. The molecule has 0 unspecified atom stereocenters. The fourth-order valence-corrected chi connectivity index (χ4v) is 6.29. The van der Waals surface area contributed by atoms with Crippen molar-refractivity contribution in [2.24, 2.45) is 18.9 Å². The molecule has 3 aliphatic rings. The number of benzene rings is 1. The van der Waals surface area contributed by atoms with Crippen molar-refractivity contribution in [3.63, 3.8) is 0 Å². The topological polar surface area (TPSA) is 75.5 Å². The quantitative estimate of drug-likeness (QED) is 0.571. The predicted molar refractivity (Wildman–Crippen MR) is 142 cm³/mol. The smallest absolute Gasteiger partial charge is 0.229 e.